The molecule has 0 aliphatic carbocycles. The number of aryl methyl sites for hydroxylation is 6. The largest absolute Gasteiger partial charge is 0.309 e. The monoisotopic (exact) mass is 903 g/mol. The van der Waals surface area contributed by atoms with Crippen molar-refractivity contribution in [3.63, 3.8) is 0 Å². The molecule has 11 aromatic rings. The van der Waals surface area contributed by atoms with Gasteiger partial charge in [-0.2, -0.15) is 9.97 Å². The van der Waals surface area contributed by atoms with Crippen LogP contribution in [0.4, 0.5) is 34.4 Å². The third kappa shape index (κ3) is 8.37. The average molecular weight is 904 g/mol. The third-order valence-corrected chi connectivity index (χ3v) is 13.3. The van der Waals surface area contributed by atoms with Gasteiger partial charge in [0.2, 0.25) is 5.95 Å². The van der Waals surface area contributed by atoms with Crippen molar-refractivity contribution in [2.45, 2.75) is 41.5 Å². The second-order valence-corrected chi connectivity index (χ2v) is 18.5. The third-order valence-electron chi connectivity index (χ3n) is 13.3. The lowest BCUT2D eigenvalue weighted by atomic mass is 9.95. The first-order valence-corrected chi connectivity index (χ1v) is 24.0. The lowest BCUT2D eigenvalue weighted by molar-refractivity contribution is 1.02. The molecule has 0 atom stereocenters. The first-order valence-electron chi connectivity index (χ1n) is 24.0. The Morgan fingerprint density at radius 2 is 0.671 bits per heavy atom. The van der Waals surface area contributed by atoms with Gasteiger partial charge in [0.15, 0.2) is 11.6 Å². The van der Waals surface area contributed by atoms with Gasteiger partial charge in [0.1, 0.15) is 0 Å². The number of aromatic nitrogens is 3. The van der Waals surface area contributed by atoms with Gasteiger partial charge in [0.25, 0.3) is 0 Å². The molecular formula is C65H53N5. The van der Waals surface area contributed by atoms with E-state index in [4.69, 9.17) is 15.0 Å². The summed E-state index contributed by atoms with van der Waals surface area (Å²) >= 11 is 0. The molecule has 0 unspecified atom stereocenters. The zero-order valence-electron chi connectivity index (χ0n) is 40.4. The molecule has 0 aliphatic heterocycles. The summed E-state index contributed by atoms with van der Waals surface area (Å²) < 4.78 is 0. The van der Waals surface area contributed by atoms with Gasteiger partial charge in [-0.1, -0.05) is 175 Å². The van der Waals surface area contributed by atoms with E-state index in [9.17, 15) is 0 Å². The van der Waals surface area contributed by atoms with E-state index < -0.39 is 0 Å². The normalized spacial score (nSPS) is 11.3. The summed E-state index contributed by atoms with van der Waals surface area (Å²) in [4.78, 5) is 21.1. The predicted molar refractivity (Wildman–Crippen MR) is 294 cm³/mol. The highest BCUT2D eigenvalue weighted by atomic mass is 15.3. The Kier molecular flexibility index (Phi) is 11.6. The van der Waals surface area contributed by atoms with E-state index in [2.05, 4.69) is 245 Å². The van der Waals surface area contributed by atoms with E-state index in [1.54, 1.807) is 0 Å². The second-order valence-electron chi connectivity index (χ2n) is 18.5. The van der Waals surface area contributed by atoms with Crippen LogP contribution in [0.5, 0.6) is 0 Å². The summed E-state index contributed by atoms with van der Waals surface area (Å²) in [6, 6.07) is 75.7. The number of nitrogens with zero attached hydrogens (tertiary/aromatic N) is 5. The molecule has 0 fully saturated rings. The number of hydrogen-bond acceptors (Lipinski definition) is 5. The van der Waals surface area contributed by atoms with Crippen molar-refractivity contribution in [3.05, 3.63) is 246 Å². The average Bonchev–Trinajstić information content (AvgIpc) is 3.38. The molecule has 10 aromatic carbocycles. The Labute approximate surface area is 411 Å². The second kappa shape index (κ2) is 18.4. The first-order chi connectivity index (χ1) is 34.2. The smallest absolute Gasteiger partial charge is 0.238 e. The van der Waals surface area contributed by atoms with Gasteiger partial charge in [-0.3, -0.25) is 4.90 Å². The maximum Gasteiger partial charge on any atom is 0.238 e. The summed E-state index contributed by atoms with van der Waals surface area (Å²) in [7, 11) is 0. The van der Waals surface area contributed by atoms with Crippen LogP contribution in [0.2, 0.25) is 0 Å². The first kappa shape index (κ1) is 43.9. The zero-order valence-corrected chi connectivity index (χ0v) is 40.4. The van der Waals surface area contributed by atoms with Crippen molar-refractivity contribution in [1.29, 1.82) is 0 Å². The van der Waals surface area contributed by atoms with Gasteiger partial charge in [0, 0.05) is 28.1 Å². The number of hydrogen-bond donors (Lipinski definition) is 0. The fourth-order valence-corrected chi connectivity index (χ4v) is 10.4. The van der Waals surface area contributed by atoms with Crippen LogP contribution < -0.4 is 9.80 Å². The minimum absolute atomic E-state index is 0.503. The van der Waals surface area contributed by atoms with Crippen LogP contribution in [0.1, 0.15) is 33.4 Å². The maximum absolute atomic E-state index is 5.60. The topological polar surface area (TPSA) is 45.2 Å². The molecule has 0 aliphatic rings. The maximum atomic E-state index is 5.60. The molecule has 0 radical (unpaired) electrons. The molecule has 0 saturated heterocycles. The Balaban J connectivity index is 1.20. The van der Waals surface area contributed by atoms with Crippen molar-refractivity contribution >= 4 is 55.9 Å². The van der Waals surface area contributed by atoms with E-state index in [1.165, 1.54) is 44.8 Å². The number of fused-ring (bicyclic) bond motifs is 2. The molecule has 0 N–H and O–H groups in total. The number of benzene rings is 10. The van der Waals surface area contributed by atoms with Gasteiger partial charge < -0.3 is 4.90 Å². The Hall–Kier alpha value is -8.67. The van der Waals surface area contributed by atoms with Crippen LogP contribution in [-0.4, -0.2) is 15.0 Å². The van der Waals surface area contributed by atoms with Gasteiger partial charge in [-0.15, -0.1) is 0 Å². The van der Waals surface area contributed by atoms with Crippen LogP contribution >= 0.6 is 0 Å². The van der Waals surface area contributed by atoms with E-state index in [-0.39, 0.29) is 0 Å². The predicted octanol–water partition coefficient (Wildman–Crippen LogP) is 17.6. The summed E-state index contributed by atoms with van der Waals surface area (Å²) in [5.74, 6) is 1.67. The molecule has 11 rings (SSSR count). The van der Waals surface area contributed by atoms with E-state index in [0.717, 1.165) is 72.0 Å². The van der Waals surface area contributed by atoms with Crippen LogP contribution in [0, 0.1) is 41.5 Å². The lowest BCUT2D eigenvalue weighted by Crippen LogP contribution is -2.18. The molecule has 0 bridgehead atoms. The summed E-state index contributed by atoms with van der Waals surface area (Å²) in [5, 5.41) is 4.51. The molecule has 5 heteroatoms. The van der Waals surface area contributed by atoms with Crippen molar-refractivity contribution in [2.75, 3.05) is 9.80 Å². The number of rotatable bonds is 10. The van der Waals surface area contributed by atoms with Crippen molar-refractivity contribution in [2.24, 2.45) is 0 Å². The Morgan fingerprint density at radius 1 is 0.300 bits per heavy atom. The van der Waals surface area contributed by atoms with Gasteiger partial charge in [-0.25, -0.2) is 4.98 Å². The lowest BCUT2D eigenvalue weighted by Gasteiger charge is -2.32. The van der Waals surface area contributed by atoms with E-state index >= 15 is 0 Å². The molecular weight excluding hydrogens is 851 g/mol. The highest BCUT2D eigenvalue weighted by molar-refractivity contribution is 5.99. The fourth-order valence-electron chi connectivity index (χ4n) is 10.4. The van der Waals surface area contributed by atoms with E-state index in [1.807, 2.05) is 18.2 Å². The molecule has 0 amide bonds. The Bertz CT molecular complexity index is 3610. The van der Waals surface area contributed by atoms with Crippen LogP contribution in [0.15, 0.2) is 212 Å². The minimum atomic E-state index is 0.503. The molecule has 1 aromatic heterocycles. The van der Waals surface area contributed by atoms with E-state index in [0.29, 0.717) is 17.6 Å². The van der Waals surface area contributed by atoms with Gasteiger partial charge in [-0.05, 0) is 151 Å². The molecule has 70 heavy (non-hydrogen) atoms. The molecule has 0 saturated carbocycles. The van der Waals surface area contributed by atoms with Crippen LogP contribution in [0.3, 0.4) is 0 Å². The zero-order chi connectivity index (χ0) is 47.9. The summed E-state index contributed by atoms with van der Waals surface area (Å²) in [6.07, 6.45) is 0. The van der Waals surface area contributed by atoms with Crippen molar-refractivity contribution < 1.29 is 0 Å². The van der Waals surface area contributed by atoms with Crippen LogP contribution in [0.25, 0.3) is 66.6 Å². The standard InChI is InChI=1S/C65H53N5/c1-42-34-44(3)61(45(4)35-42)70(62-46(5)36-43(2)37-47(62)6)56-32-30-55(31-33-56)69(60-41-54-29-19-18-27-52(54)39-58(60)49-22-12-8-13-23-49)65-67-63(50-24-14-9-15-25-50)66-64(68-65)59-40-53-28-17-16-26-51(53)38-57(59)48-20-10-7-11-21-48/h7-41H,1-6H3. The molecule has 338 valence electrons. The van der Waals surface area contributed by atoms with Gasteiger partial charge >= 0.3 is 0 Å². The minimum Gasteiger partial charge on any atom is -0.309 e. The molecule has 5 nitrogen and oxygen atoms in total. The highest BCUT2D eigenvalue weighted by Crippen LogP contribution is 2.47. The van der Waals surface area contributed by atoms with Gasteiger partial charge in [0.05, 0.1) is 17.1 Å². The summed E-state index contributed by atoms with van der Waals surface area (Å²) in [5.41, 5.74) is 18.8. The van der Waals surface area contributed by atoms with Crippen molar-refractivity contribution in [1.82, 2.24) is 15.0 Å². The SMILES string of the molecule is Cc1cc(C)c(N(c2ccc(N(c3nc(-c4ccccc4)nc(-c4cc5ccccc5cc4-c4ccccc4)n3)c3cc4ccccc4cc3-c3ccccc3)cc2)c2c(C)cc(C)cc2C)c(C)c1. The summed E-state index contributed by atoms with van der Waals surface area (Å²) in [6.45, 7) is 13.3. The fraction of sp³-hybridized carbons (Fsp3) is 0.0923. The highest BCUT2D eigenvalue weighted by Gasteiger charge is 2.26. The van der Waals surface area contributed by atoms with Crippen LogP contribution in [-0.2, 0) is 0 Å². The number of anilines is 6. The molecule has 0 spiro atoms. The molecule has 1 heterocycles. The van der Waals surface area contributed by atoms with Crippen molar-refractivity contribution in [3.8, 4) is 45.0 Å². The quantitative estimate of drug-likeness (QED) is 0.137. The Morgan fingerprint density at radius 3 is 1.16 bits per heavy atom.